The number of amidine groups is 1. The molecule has 0 saturated carbocycles. The van der Waals surface area contributed by atoms with Gasteiger partial charge in [0.25, 0.3) is 0 Å². The SMILES string of the molecule is c1coc(C(C2=NCCN2)N2CCOCC2)c1. The third kappa shape index (κ3) is 2.21. The summed E-state index contributed by atoms with van der Waals surface area (Å²) in [5.41, 5.74) is 0. The first kappa shape index (κ1) is 10.8. The Bertz CT molecular complexity index is 382. The van der Waals surface area contributed by atoms with Gasteiger partial charge in [0.05, 0.1) is 26.0 Å². The molecule has 1 fully saturated rings. The summed E-state index contributed by atoms with van der Waals surface area (Å²) in [6.07, 6.45) is 1.72. The van der Waals surface area contributed by atoms with Crippen LogP contribution in [0.2, 0.25) is 0 Å². The van der Waals surface area contributed by atoms with Crippen LogP contribution < -0.4 is 5.32 Å². The summed E-state index contributed by atoms with van der Waals surface area (Å²) in [5.74, 6) is 1.99. The molecule has 1 N–H and O–H groups in total. The largest absolute Gasteiger partial charge is 0.467 e. The van der Waals surface area contributed by atoms with Gasteiger partial charge in [-0.15, -0.1) is 0 Å². The highest BCUT2D eigenvalue weighted by molar-refractivity contribution is 5.89. The topological polar surface area (TPSA) is 50.0 Å². The Balaban J connectivity index is 1.85. The Morgan fingerprint density at radius 3 is 2.88 bits per heavy atom. The van der Waals surface area contributed by atoms with Crippen LogP contribution in [0.4, 0.5) is 0 Å². The van der Waals surface area contributed by atoms with Gasteiger partial charge in [0.15, 0.2) is 0 Å². The van der Waals surface area contributed by atoms with Gasteiger partial charge in [-0.05, 0) is 12.1 Å². The van der Waals surface area contributed by atoms with Crippen molar-refractivity contribution in [3.05, 3.63) is 24.2 Å². The number of nitrogens with zero attached hydrogens (tertiary/aromatic N) is 2. The number of hydrogen-bond donors (Lipinski definition) is 1. The van der Waals surface area contributed by atoms with Gasteiger partial charge in [-0.3, -0.25) is 9.89 Å². The summed E-state index contributed by atoms with van der Waals surface area (Å²) < 4.78 is 11.0. The molecular formula is C12H17N3O2. The van der Waals surface area contributed by atoms with Crippen molar-refractivity contribution in [1.29, 1.82) is 0 Å². The molecule has 3 heterocycles. The lowest BCUT2D eigenvalue weighted by Gasteiger charge is -2.33. The molecule has 1 saturated heterocycles. The second kappa shape index (κ2) is 4.89. The Morgan fingerprint density at radius 2 is 2.24 bits per heavy atom. The van der Waals surface area contributed by atoms with Crippen LogP contribution in [-0.4, -0.2) is 50.1 Å². The number of hydrogen-bond acceptors (Lipinski definition) is 5. The highest BCUT2D eigenvalue weighted by Crippen LogP contribution is 2.24. The molecule has 1 atom stereocenters. The zero-order valence-corrected chi connectivity index (χ0v) is 9.76. The van der Waals surface area contributed by atoms with E-state index in [1.54, 1.807) is 6.26 Å². The molecule has 5 heteroatoms. The van der Waals surface area contributed by atoms with Crippen LogP contribution in [0.25, 0.3) is 0 Å². The molecule has 17 heavy (non-hydrogen) atoms. The fraction of sp³-hybridized carbons (Fsp3) is 0.583. The first-order valence-electron chi connectivity index (χ1n) is 6.08. The maximum Gasteiger partial charge on any atom is 0.128 e. The smallest absolute Gasteiger partial charge is 0.128 e. The van der Waals surface area contributed by atoms with E-state index in [1.165, 1.54) is 0 Å². The van der Waals surface area contributed by atoms with Gasteiger partial charge in [0, 0.05) is 19.6 Å². The monoisotopic (exact) mass is 235 g/mol. The van der Waals surface area contributed by atoms with Gasteiger partial charge in [-0.1, -0.05) is 0 Å². The summed E-state index contributed by atoms with van der Waals surface area (Å²) >= 11 is 0. The predicted octanol–water partition coefficient (Wildman–Crippen LogP) is 0.655. The summed E-state index contributed by atoms with van der Waals surface area (Å²) in [4.78, 5) is 6.89. The lowest BCUT2D eigenvalue weighted by atomic mass is 10.1. The molecule has 1 unspecified atom stereocenters. The van der Waals surface area contributed by atoms with Crippen LogP contribution in [0.1, 0.15) is 11.8 Å². The van der Waals surface area contributed by atoms with E-state index in [1.807, 2.05) is 12.1 Å². The molecule has 0 amide bonds. The van der Waals surface area contributed by atoms with Crippen molar-refractivity contribution in [2.75, 3.05) is 39.4 Å². The predicted molar refractivity (Wildman–Crippen MR) is 64.1 cm³/mol. The Hall–Kier alpha value is -1.33. The van der Waals surface area contributed by atoms with Crippen molar-refractivity contribution < 1.29 is 9.15 Å². The van der Waals surface area contributed by atoms with E-state index in [4.69, 9.17) is 9.15 Å². The molecule has 0 aliphatic carbocycles. The lowest BCUT2D eigenvalue weighted by molar-refractivity contribution is 0.0249. The Kier molecular flexibility index (Phi) is 3.11. The minimum Gasteiger partial charge on any atom is -0.467 e. The molecule has 92 valence electrons. The quantitative estimate of drug-likeness (QED) is 0.836. The second-order valence-corrected chi connectivity index (χ2v) is 4.26. The molecule has 0 radical (unpaired) electrons. The third-order valence-electron chi connectivity index (χ3n) is 3.18. The van der Waals surface area contributed by atoms with E-state index < -0.39 is 0 Å². The van der Waals surface area contributed by atoms with Crippen LogP contribution in [0.15, 0.2) is 27.8 Å². The number of aliphatic imine (C=N–C) groups is 1. The number of rotatable bonds is 3. The van der Waals surface area contributed by atoms with E-state index in [0.717, 1.165) is 51.0 Å². The van der Waals surface area contributed by atoms with Crippen LogP contribution in [0, 0.1) is 0 Å². The molecule has 1 aromatic rings. The van der Waals surface area contributed by atoms with Gasteiger partial charge < -0.3 is 14.5 Å². The van der Waals surface area contributed by atoms with Gasteiger partial charge in [-0.25, -0.2) is 0 Å². The minimum atomic E-state index is 0.122. The molecule has 2 aliphatic rings. The molecule has 5 nitrogen and oxygen atoms in total. The van der Waals surface area contributed by atoms with Crippen molar-refractivity contribution in [2.45, 2.75) is 6.04 Å². The first-order valence-corrected chi connectivity index (χ1v) is 6.08. The van der Waals surface area contributed by atoms with Crippen molar-refractivity contribution in [3.63, 3.8) is 0 Å². The van der Waals surface area contributed by atoms with Crippen LogP contribution in [-0.2, 0) is 4.74 Å². The molecule has 0 aromatic carbocycles. The van der Waals surface area contributed by atoms with Gasteiger partial charge in [0.1, 0.15) is 17.6 Å². The van der Waals surface area contributed by atoms with Gasteiger partial charge in [0.2, 0.25) is 0 Å². The second-order valence-electron chi connectivity index (χ2n) is 4.26. The van der Waals surface area contributed by atoms with Gasteiger partial charge in [-0.2, -0.15) is 0 Å². The fourth-order valence-electron chi connectivity index (χ4n) is 2.37. The summed E-state index contributed by atoms with van der Waals surface area (Å²) in [7, 11) is 0. The number of morpholine rings is 1. The zero-order chi connectivity index (χ0) is 11.5. The van der Waals surface area contributed by atoms with Crippen molar-refractivity contribution in [3.8, 4) is 0 Å². The Labute approximate surface area is 100 Å². The summed E-state index contributed by atoms with van der Waals surface area (Å²) in [6.45, 7) is 5.20. The summed E-state index contributed by atoms with van der Waals surface area (Å²) in [5, 5.41) is 3.35. The van der Waals surface area contributed by atoms with Gasteiger partial charge >= 0.3 is 0 Å². The lowest BCUT2D eigenvalue weighted by Crippen LogP contribution is -2.44. The van der Waals surface area contributed by atoms with E-state index >= 15 is 0 Å². The van der Waals surface area contributed by atoms with E-state index in [9.17, 15) is 0 Å². The summed E-state index contributed by atoms with van der Waals surface area (Å²) in [6, 6.07) is 4.07. The standard InChI is InChI=1S/C12H17N3O2/c1-2-10(17-7-1)11(12-13-3-4-14-12)15-5-8-16-9-6-15/h1-2,7,11H,3-6,8-9H2,(H,13,14). The van der Waals surface area contributed by atoms with Crippen LogP contribution in [0.3, 0.4) is 0 Å². The normalized spacial score (nSPS) is 23.2. The highest BCUT2D eigenvalue weighted by Gasteiger charge is 2.30. The van der Waals surface area contributed by atoms with Crippen molar-refractivity contribution >= 4 is 5.84 Å². The maximum absolute atomic E-state index is 5.56. The van der Waals surface area contributed by atoms with Crippen LogP contribution in [0.5, 0.6) is 0 Å². The fourth-order valence-corrected chi connectivity index (χ4v) is 2.37. The molecule has 0 spiro atoms. The molecule has 1 aromatic heterocycles. The van der Waals surface area contributed by atoms with Crippen LogP contribution >= 0.6 is 0 Å². The number of nitrogens with one attached hydrogen (secondary N) is 1. The average Bonchev–Trinajstić information content (AvgIpc) is 3.04. The van der Waals surface area contributed by atoms with Crippen molar-refractivity contribution in [2.24, 2.45) is 4.99 Å². The molecule has 0 bridgehead atoms. The highest BCUT2D eigenvalue weighted by atomic mass is 16.5. The maximum atomic E-state index is 5.56. The van der Waals surface area contributed by atoms with Crippen molar-refractivity contribution in [1.82, 2.24) is 10.2 Å². The molecular weight excluding hydrogens is 218 g/mol. The number of furan rings is 1. The minimum absolute atomic E-state index is 0.122. The number of ether oxygens (including phenoxy) is 1. The van der Waals surface area contributed by atoms with E-state index in [2.05, 4.69) is 15.2 Å². The Morgan fingerprint density at radius 1 is 1.35 bits per heavy atom. The van der Waals surface area contributed by atoms with E-state index in [-0.39, 0.29) is 6.04 Å². The molecule has 3 rings (SSSR count). The zero-order valence-electron chi connectivity index (χ0n) is 9.76. The molecule has 2 aliphatic heterocycles. The first-order chi connectivity index (χ1) is 8.45. The average molecular weight is 235 g/mol. The third-order valence-corrected chi connectivity index (χ3v) is 3.18. The van der Waals surface area contributed by atoms with E-state index in [0.29, 0.717) is 0 Å².